The smallest absolute Gasteiger partial charge is 0.241 e. The summed E-state index contributed by atoms with van der Waals surface area (Å²) in [6.07, 6.45) is 0.923. The van der Waals surface area contributed by atoms with Crippen molar-refractivity contribution in [3.63, 3.8) is 0 Å². The summed E-state index contributed by atoms with van der Waals surface area (Å²) >= 11 is 0. The molecule has 0 saturated carbocycles. The molecule has 0 radical (unpaired) electrons. The van der Waals surface area contributed by atoms with Crippen molar-refractivity contribution >= 4 is 5.91 Å². The normalized spacial score (nSPS) is 24.0. The lowest BCUT2D eigenvalue weighted by Gasteiger charge is -2.22. The van der Waals surface area contributed by atoms with Crippen LogP contribution in [0, 0.1) is 5.92 Å². The van der Waals surface area contributed by atoms with Gasteiger partial charge < -0.3 is 4.90 Å². The van der Waals surface area contributed by atoms with E-state index < -0.39 is 0 Å². The molecular formula is C15H22N2O. The van der Waals surface area contributed by atoms with Crippen molar-refractivity contribution in [1.82, 2.24) is 10.2 Å². The largest absolute Gasteiger partial charge is 0.326 e. The molecular weight excluding hydrogens is 224 g/mol. The van der Waals surface area contributed by atoms with Crippen LogP contribution >= 0.6 is 0 Å². The first-order valence-electron chi connectivity index (χ1n) is 6.68. The Hall–Kier alpha value is -1.35. The third-order valence-corrected chi connectivity index (χ3v) is 3.34. The quantitative estimate of drug-likeness (QED) is 0.881. The van der Waals surface area contributed by atoms with Crippen LogP contribution in [0.3, 0.4) is 0 Å². The molecule has 0 aliphatic carbocycles. The maximum Gasteiger partial charge on any atom is 0.241 e. The number of hydrogen-bond acceptors (Lipinski definition) is 2. The topological polar surface area (TPSA) is 32.3 Å². The Morgan fingerprint density at radius 2 is 1.94 bits per heavy atom. The van der Waals surface area contributed by atoms with Crippen LogP contribution in [0.4, 0.5) is 0 Å². The number of carbonyl (C=O) groups excluding carboxylic acids is 1. The van der Waals surface area contributed by atoms with Crippen molar-refractivity contribution in [2.24, 2.45) is 5.92 Å². The summed E-state index contributed by atoms with van der Waals surface area (Å²) in [7, 11) is 0. The molecule has 1 aliphatic rings. The summed E-state index contributed by atoms with van der Waals surface area (Å²) < 4.78 is 0. The van der Waals surface area contributed by atoms with Crippen molar-refractivity contribution in [2.45, 2.75) is 39.4 Å². The molecule has 3 nitrogen and oxygen atoms in total. The zero-order valence-corrected chi connectivity index (χ0v) is 11.4. The highest BCUT2D eigenvalue weighted by Gasteiger charge is 2.36. The molecule has 2 rings (SSSR count). The van der Waals surface area contributed by atoms with E-state index >= 15 is 0 Å². The number of nitrogens with one attached hydrogen (secondary N) is 1. The lowest BCUT2D eigenvalue weighted by atomic mass is 10.1. The predicted octanol–water partition coefficient (Wildman–Crippen LogP) is 2.03. The Balaban J connectivity index is 2.02. The van der Waals surface area contributed by atoms with Crippen molar-refractivity contribution in [2.75, 3.05) is 6.54 Å². The summed E-state index contributed by atoms with van der Waals surface area (Å²) in [5.41, 5.74) is 1.21. The van der Waals surface area contributed by atoms with E-state index in [0.29, 0.717) is 5.92 Å². The first kappa shape index (κ1) is 13.1. The average molecular weight is 246 g/mol. The van der Waals surface area contributed by atoms with Crippen LogP contribution < -0.4 is 5.32 Å². The molecule has 0 aromatic heterocycles. The molecule has 1 fully saturated rings. The van der Waals surface area contributed by atoms with Gasteiger partial charge >= 0.3 is 0 Å². The van der Waals surface area contributed by atoms with Gasteiger partial charge in [-0.1, -0.05) is 44.2 Å². The van der Waals surface area contributed by atoms with Crippen LogP contribution in [0.1, 0.15) is 26.3 Å². The SMILES string of the molecule is CC(C)CN1C(=O)C(Cc2ccccc2)NC1C. The van der Waals surface area contributed by atoms with Crippen LogP contribution in [-0.2, 0) is 11.2 Å². The number of carbonyl (C=O) groups is 1. The first-order chi connectivity index (χ1) is 8.58. The van der Waals surface area contributed by atoms with Crippen LogP contribution in [0.5, 0.6) is 0 Å². The van der Waals surface area contributed by atoms with Gasteiger partial charge in [-0.15, -0.1) is 0 Å². The van der Waals surface area contributed by atoms with E-state index in [1.165, 1.54) is 5.56 Å². The van der Waals surface area contributed by atoms with Crippen LogP contribution in [-0.4, -0.2) is 29.6 Å². The zero-order valence-electron chi connectivity index (χ0n) is 11.4. The van der Waals surface area contributed by atoms with Crippen molar-refractivity contribution in [3.05, 3.63) is 35.9 Å². The molecule has 1 aliphatic heterocycles. The Kier molecular flexibility index (Phi) is 4.02. The molecule has 0 bridgehead atoms. The molecule has 1 amide bonds. The van der Waals surface area contributed by atoms with Crippen LogP contribution in [0.2, 0.25) is 0 Å². The molecule has 1 aromatic rings. The van der Waals surface area contributed by atoms with Gasteiger partial charge in [-0.2, -0.15) is 0 Å². The number of benzene rings is 1. The second-order valence-corrected chi connectivity index (χ2v) is 5.47. The van der Waals surface area contributed by atoms with Crippen molar-refractivity contribution in [3.8, 4) is 0 Å². The molecule has 18 heavy (non-hydrogen) atoms. The first-order valence-corrected chi connectivity index (χ1v) is 6.68. The highest BCUT2D eigenvalue weighted by molar-refractivity contribution is 5.84. The van der Waals surface area contributed by atoms with E-state index in [4.69, 9.17) is 0 Å². The second-order valence-electron chi connectivity index (χ2n) is 5.47. The van der Waals surface area contributed by atoms with Gasteiger partial charge in [0.15, 0.2) is 0 Å². The number of nitrogens with zero attached hydrogens (tertiary/aromatic N) is 1. The lowest BCUT2D eigenvalue weighted by Crippen LogP contribution is -2.37. The van der Waals surface area contributed by atoms with Crippen LogP contribution in [0.15, 0.2) is 30.3 Å². The van der Waals surface area contributed by atoms with Crippen LogP contribution in [0.25, 0.3) is 0 Å². The van der Waals surface area contributed by atoms with Gasteiger partial charge in [-0.3, -0.25) is 10.1 Å². The Morgan fingerprint density at radius 1 is 1.28 bits per heavy atom. The van der Waals surface area contributed by atoms with E-state index in [1.807, 2.05) is 23.1 Å². The highest BCUT2D eigenvalue weighted by Crippen LogP contribution is 2.16. The molecule has 98 valence electrons. The maximum absolute atomic E-state index is 12.3. The third kappa shape index (κ3) is 2.91. The minimum atomic E-state index is -0.0684. The third-order valence-electron chi connectivity index (χ3n) is 3.34. The van der Waals surface area contributed by atoms with Gasteiger partial charge in [0.1, 0.15) is 0 Å². The van der Waals surface area contributed by atoms with Gasteiger partial charge in [-0.25, -0.2) is 0 Å². The van der Waals surface area contributed by atoms with E-state index in [9.17, 15) is 4.79 Å². The monoisotopic (exact) mass is 246 g/mol. The Labute approximate surface area is 109 Å². The summed E-state index contributed by atoms with van der Waals surface area (Å²) in [6.45, 7) is 7.18. The number of hydrogen-bond donors (Lipinski definition) is 1. The second kappa shape index (κ2) is 5.53. The fraction of sp³-hybridized carbons (Fsp3) is 0.533. The minimum absolute atomic E-state index is 0.0684. The molecule has 2 atom stereocenters. The summed E-state index contributed by atoms with van der Waals surface area (Å²) in [5, 5.41) is 3.38. The van der Waals surface area contributed by atoms with Gasteiger partial charge in [-0.05, 0) is 24.8 Å². The zero-order chi connectivity index (χ0) is 13.1. The fourth-order valence-electron chi connectivity index (χ4n) is 2.48. The molecule has 0 spiro atoms. The average Bonchev–Trinajstić information content (AvgIpc) is 2.58. The molecule has 3 heteroatoms. The number of rotatable bonds is 4. The van der Waals surface area contributed by atoms with Gasteiger partial charge in [0, 0.05) is 6.54 Å². The summed E-state index contributed by atoms with van der Waals surface area (Å²) in [5.74, 6) is 0.744. The fourth-order valence-corrected chi connectivity index (χ4v) is 2.48. The van der Waals surface area contributed by atoms with E-state index in [1.54, 1.807) is 0 Å². The molecule has 1 N–H and O–H groups in total. The van der Waals surface area contributed by atoms with E-state index in [0.717, 1.165) is 13.0 Å². The standard InChI is InChI=1S/C15H22N2O/c1-11(2)10-17-12(3)16-14(15(17)18)9-13-7-5-4-6-8-13/h4-8,11-12,14,16H,9-10H2,1-3H3. The molecule has 1 heterocycles. The maximum atomic E-state index is 12.3. The minimum Gasteiger partial charge on any atom is -0.326 e. The van der Waals surface area contributed by atoms with Gasteiger partial charge in [0.25, 0.3) is 0 Å². The van der Waals surface area contributed by atoms with E-state index in [-0.39, 0.29) is 18.1 Å². The molecule has 2 unspecified atom stereocenters. The predicted molar refractivity (Wildman–Crippen MR) is 73.1 cm³/mol. The van der Waals surface area contributed by atoms with Crippen molar-refractivity contribution < 1.29 is 4.79 Å². The summed E-state index contributed by atoms with van der Waals surface area (Å²) in [4.78, 5) is 14.3. The Bertz CT molecular complexity index is 402. The molecule has 1 aromatic carbocycles. The van der Waals surface area contributed by atoms with Gasteiger partial charge in [0.05, 0.1) is 12.2 Å². The van der Waals surface area contributed by atoms with Gasteiger partial charge in [0.2, 0.25) is 5.91 Å². The molecule has 1 saturated heterocycles. The number of amides is 1. The Morgan fingerprint density at radius 3 is 2.56 bits per heavy atom. The lowest BCUT2D eigenvalue weighted by molar-refractivity contribution is -0.130. The summed E-state index contributed by atoms with van der Waals surface area (Å²) in [6, 6.07) is 10.1. The van der Waals surface area contributed by atoms with Crippen molar-refractivity contribution in [1.29, 1.82) is 0 Å². The highest BCUT2D eigenvalue weighted by atomic mass is 16.2. The van der Waals surface area contributed by atoms with E-state index in [2.05, 4.69) is 38.2 Å².